The average molecular weight is 626 g/mol. The highest BCUT2D eigenvalue weighted by molar-refractivity contribution is 7.23. The number of thiazole rings is 1. The van der Waals surface area contributed by atoms with Crippen LogP contribution in [0.15, 0.2) is 60.7 Å². The maximum atomic E-state index is 13.2. The number of aromatic nitrogens is 1. The van der Waals surface area contributed by atoms with Gasteiger partial charge in [0.25, 0.3) is 5.91 Å². The largest absolute Gasteiger partial charge is 0.481 e. The molecule has 0 bridgehead atoms. The molecule has 0 aliphatic heterocycles. The van der Waals surface area contributed by atoms with E-state index >= 15 is 0 Å². The second-order valence-corrected chi connectivity index (χ2v) is 12.1. The molecule has 42 heavy (non-hydrogen) atoms. The lowest BCUT2D eigenvalue weighted by Crippen LogP contribution is -2.33. The molecule has 0 spiro atoms. The van der Waals surface area contributed by atoms with E-state index in [-0.39, 0.29) is 18.9 Å². The van der Waals surface area contributed by atoms with Gasteiger partial charge in [0.2, 0.25) is 0 Å². The molecular formula is C31H30Cl2N4O4S. The van der Waals surface area contributed by atoms with Crippen molar-refractivity contribution >= 4 is 67.8 Å². The predicted octanol–water partition coefficient (Wildman–Crippen LogP) is 7.77. The first kappa shape index (κ1) is 29.8. The Labute approximate surface area is 257 Å². The molecule has 1 fully saturated rings. The van der Waals surface area contributed by atoms with Crippen molar-refractivity contribution in [3.63, 3.8) is 0 Å². The van der Waals surface area contributed by atoms with Crippen LogP contribution >= 0.6 is 34.5 Å². The number of nitrogens with one attached hydrogen (secondary N) is 3. The van der Waals surface area contributed by atoms with Crippen molar-refractivity contribution in [2.45, 2.75) is 50.5 Å². The second-order valence-electron chi connectivity index (χ2n) is 10.3. The second kappa shape index (κ2) is 13.5. The number of rotatable bonds is 9. The molecule has 11 heteroatoms. The number of carbonyl (C=O) groups excluding carboxylic acids is 2. The molecule has 1 atom stereocenters. The standard InChI is InChI=1S/C31H30Cl2N4O4S/c32-23-14-15-24-28(26(23)33)42-31(35-24)37-30(41)36-27(20-8-6-19(7-9-20)18-4-2-1-3-5-18)21-10-12-22(13-11-21)29(40)34-17-16-25(38)39/h6-15,18,27H,1-5,16-17H2,(H,34,40)(H,38,39)(H2,35,36,37,41). The third-order valence-corrected chi connectivity index (χ3v) is 9.34. The lowest BCUT2D eigenvalue weighted by atomic mass is 9.83. The zero-order valence-electron chi connectivity index (χ0n) is 22.7. The Kier molecular flexibility index (Phi) is 9.62. The number of carboxylic acid groups (broad SMARTS) is 1. The first-order chi connectivity index (χ1) is 20.3. The lowest BCUT2D eigenvalue weighted by Gasteiger charge is -2.24. The van der Waals surface area contributed by atoms with E-state index < -0.39 is 18.0 Å². The Bertz CT molecular complexity index is 1590. The van der Waals surface area contributed by atoms with E-state index in [0.29, 0.717) is 36.9 Å². The van der Waals surface area contributed by atoms with E-state index in [1.165, 1.54) is 49.0 Å². The molecule has 3 aromatic carbocycles. The van der Waals surface area contributed by atoms with Gasteiger partial charge in [-0.2, -0.15) is 0 Å². The Morgan fingerprint density at radius 3 is 2.26 bits per heavy atom. The minimum Gasteiger partial charge on any atom is -0.481 e. The number of hydrogen-bond donors (Lipinski definition) is 4. The van der Waals surface area contributed by atoms with Crippen LogP contribution < -0.4 is 16.0 Å². The topological polar surface area (TPSA) is 120 Å². The number of urea groups is 1. The summed E-state index contributed by atoms with van der Waals surface area (Å²) < 4.78 is 0.687. The Hall–Kier alpha value is -3.66. The zero-order chi connectivity index (χ0) is 29.6. The summed E-state index contributed by atoms with van der Waals surface area (Å²) >= 11 is 13.7. The van der Waals surface area contributed by atoms with Crippen LogP contribution in [0.5, 0.6) is 0 Å². The van der Waals surface area contributed by atoms with Gasteiger partial charge in [-0.25, -0.2) is 9.78 Å². The summed E-state index contributed by atoms with van der Waals surface area (Å²) in [4.78, 5) is 40.9. The van der Waals surface area contributed by atoms with E-state index in [2.05, 4.69) is 33.1 Å². The summed E-state index contributed by atoms with van der Waals surface area (Å²) in [6.07, 6.45) is 6.01. The molecule has 5 rings (SSSR count). The third kappa shape index (κ3) is 7.21. The SMILES string of the molecule is O=C(O)CCNC(=O)c1ccc(C(NC(=O)Nc2nc3ccc(Cl)c(Cl)c3s2)c2ccc(C3CCCCC3)cc2)cc1. The number of amides is 3. The fourth-order valence-corrected chi connectivity index (χ4v) is 6.61. The van der Waals surface area contributed by atoms with Gasteiger partial charge >= 0.3 is 12.0 Å². The van der Waals surface area contributed by atoms with Crippen molar-refractivity contribution in [2.24, 2.45) is 0 Å². The number of aliphatic carboxylic acids is 1. The molecular weight excluding hydrogens is 595 g/mol. The van der Waals surface area contributed by atoms with E-state index in [4.69, 9.17) is 28.3 Å². The molecule has 0 saturated heterocycles. The number of nitrogens with zero attached hydrogens (tertiary/aromatic N) is 1. The molecule has 4 aromatic rings. The van der Waals surface area contributed by atoms with E-state index in [1.54, 1.807) is 36.4 Å². The van der Waals surface area contributed by atoms with Gasteiger partial charge in [0.05, 0.1) is 32.7 Å². The molecule has 1 unspecified atom stereocenters. The number of hydrogen-bond acceptors (Lipinski definition) is 5. The Balaban J connectivity index is 1.36. The van der Waals surface area contributed by atoms with Crippen molar-refractivity contribution in [1.29, 1.82) is 0 Å². The van der Waals surface area contributed by atoms with Gasteiger partial charge < -0.3 is 15.7 Å². The van der Waals surface area contributed by atoms with Crippen LogP contribution in [0.1, 0.15) is 77.5 Å². The van der Waals surface area contributed by atoms with Crippen LogP contribution in [-0.2, 0) is 4.79 Å². The fourth-order valence-electron chi connectivity index (χ4n) is 5.22. The Morgan fingerprint density at radius 2 is 1.60 bits per heavy atom. The molecule has 3 amide bonds. The van der Waals surface area contributed by atoms with Gasteiger partial charge in [0.15, 0.2) is 5.13 Å². The molecule has 1 aliphatic rings. The number of fused-ring (bicyclic) bond motifs is 1. The monoisotopic (exact) mass is 624 g/mol. The summed E-state index contributed by atoms with van der Waals surface area (Å²) in [6, 6.07) is 17.7. The van der Waals surface area contributed by atoms with Crippen molar-refractivity contribution in [2.75, 3.05) is 11.9 Å². The highest BCUT2D eigenvalue weighted by Gasteiger charge is 2.21. The van der Waals surface area contributed by atoms with Crippen LogP contribution in [0.3, 0.4) is 0 Å². The van der Waals surface area contributed by atoms with Crippen LogP contribution in [0, 0.1) is 0 Å². The van der Waals surface area contributed by atoms with Crippen molar-refractivity contribution in [1.82, 2.24) is 15.6 Å². The van der Waals surface area contributed by atoms with E-state index in [9.17, 15) is 14.4 Å². The third-order valence-electron chi connectivity index (χ3n) is 7.42. The summed E-state index contributed by atoms with van der Waals surface area (Å²) in [7, 11) is 0. The first-order valence-electron chi connectivity index (χ1n) is 13.8. The summed E-state index contributed by atoms with van der Waals surface area (Å²) in [6.45, 7) is 0.0385. The van der Waals surface area contributed by atoms with Crippen molar-refractivity contribution < 1.29 is 19.5 Å². The van der Waals surface area contributed by atoms with E-state index in [0.717, 1.165) is 11.1 Å². The maximum absolute atomic E-state index is 13.2. The van der Waals surface area contributed by atoms with Crippen LogP contribution in [-0.4, -0.2) is 34.5 Å². The van der Waals surface area contributed by atoms with Gasteiger partial charge in [-0.15, -0.1) is 0 Å². The summed E-state index contributed by atoms with van der Waals surface area (Å²) in [5.41, 5.74) is 4.00. The van der Waals surface area contributed by atoms with Crippen molar-refractivity contribution in [3.8, 4) is 0 Å². The molecule has 1 aliphatic carbocycles. The van der Waals surface area contributed by atoms with E-state index in [1.807, 2.05) is 12.1 Å². The highest BCUT2D eigenvalue weighted by Crippen LogP contribution is 2.37. The summed E-state index contributed by atoms with van der Waals surface area (Å²) in [5, 5.41) is 18.5. The highest BCUT2D eigenvalue weighted by atomic mass is 35.5. The smallest absolute Gasteiger partial charge is 0.321 e. The number of benzene rings is 3. The average Bonchev–Trinajstić information content (AvgIpc) is 3.41. The minimum absolute atomic E-state index is 0.0385. The Morgan fingerprint density at radius 1 is 0.929 bits per heavy atom. The number of halogens is 2. The molecule has 0 radical (unpaired) electrons. The summed E-state index contributed by atoms with van der Waals surface area (Å²) in [5.74, 6) is -0.789. The van der Waals surface area contributed by atoms with Gasteiger partial charge in [0, 0.05) is 12.1 Å². The number of anilines is 1. The normalized spacial score (nSPS) is 14.3. The molecule has 8 nitrogen and oxygen atoms in total. The molecule has 1 saturated carbocycles. The maximum Gasteiger partial charge on any atom is 0.321 e. The van der Waals surface area contributed by atoms with Crippen molar-refractivity contribution in [3.05, 3.63) is 93.0 Å². The molecule has 1 aromatic heterocycles. The van der Waals surface area contributed by atoms with Gasteiger partial charge in [-0.1, -0.05) is 90.2 Å². The lowest BCUT2D eigenvalue weighted by molar-refractivity contribution is -0.136. The first-order valence-corrected chi connectivity index (χ1v) is 15.4. The van der Waals surface area contributed by atoms with Gasteiger partial charge in [-0.05, 0) is 59.7 Å². The predicted molar refractivity (Wildman–Crippen MR) is 167 cm³/mol. The van der Waals surface area contributed by atoms with Crippen LogP contribution in [0.4, 0.5) is 9.93 Å². The number of carboxylic acids is 1. The van der Waals surface area contributed by atoms with Crippen LogP contribution in [0.2, 0.25) is 10.0 Å². The quantitative estimate of drug-likeness (QED) is 0.152. The van der Waals surface area contributed by atoms with Crippen LogP contribution in [0.25, 0.3) is 10.2 Å². The minimum atomic E-state index is -0.981. The molecule has 218 valence electrons. The van der Waals surface area contributed by atoms with Gasteiger partial charge in [0.1, 0.15) is 0 Å². The molecule has 4 N–H and O–H groups in total. The zero-order valence-corrected chi connectivity index (χ0v) is 25.0. The van der Waals surface area contributed by atoms with Gasteiger partial charge in [-0.3, -0.25) is 14.9 Å². The number of carbonyl (C=O) groups is 3. The fraction of sp³-hybridized carbons (Fsp3) is 0.290. The molecule has 1 heterocycles.